The van der Waals surface area contributed by atoms with Gasteiger partial charge in [0, 0.05) is 25.8 Å². The van der Waals surface area contributed by atoms with Crippen molar-refractivity contribution in [2.45, 2.75) is 20.0 Å². The molecule has 1 aromatic heterocycles. The summed E-state index contributed by atoms with van der Waals surface area (Å²) in [6, 6.07) is 3.70. The highest BCUT2D eigenvalue weighted by Gasteiger charge is 2.04. The number of methoxy groups -OCH3 is 1. The van der Waals surface area contributed by atoms with Crippen LogP contribution in [0.15, 0.2) is 12.1 Å². The molecule has 1 aromatic rings. The monoisotopic (exact) mass is 255 g/mol. The molecule has 0 bridgehead atoms. The van der Waals surface area contributed by atoms with Crippen molar-refractivity contribution in [3.8, 4) is 5.75 Å². The first kappa shape index (κ1) is 14.9. The number of hydrogen-bond acceptors (Lipinski definition) is 5. The minimum Gasteiger partial charge on any atom is -0.491 e. The number of aliphatic hydroxyl groups is 1. The van der Waals surface area contributed by atoms with Crippen LogP contribution in [-0.4, -0.2) is 43.6 Å². The van der Waals surface area contributed by atoms with Gasteiger partial charge in [0.25, 0.3) is 0 Å². The van der Waals surface area contributed by atoms with Gasteiger partial charge < -0.3 is 19.3 Å². The maximum Gasteiger partial charge on any atom is 0.143 e. The lowest BCUT2D eigenvalue weighted by molar-refractivity contribution is 0.0643. The van der Waals surface area contributed by atoms with Gasteiger partial charge in [-0.25, -0.2) is 0 Å². The standard InChI is InChI=1S/C13H21NO4/c1-11-4-5-13(12(10-15)14-11)18-7-3-6-17-9-8-16-2/h4-5,15H,3,6-10H2,1-2H3. The molecule has 0 amide bonds. The Balaban J connectivity index is 2.22. The van der Waals surface area contributed by atoms with E-state index in [1.807, 2.05) is 19.1 Å². The Kier molecular flexibility index (Phi) is 7.32. The lowest BCUT2D eigenvalue weighted by Crippen LogP contribution is -2.08. The van der Waals surface area contributed by atoms with Gasteiger partial charge in [0.15, 0.2) is 0 Å². The molecule has 1 heterocycles. The molecule has 102 valence electrons. The fourth-order valence-corrected chi connectivity index (χ4v) is 1.43. The molecule has 1 N–H and O–H groups in total. The molecule has 5 nitrogen and oxygen atoms in total. The smallest absolute Gasteiger partial charge is 0.143 e. The Morgan fingerprint density at radius 1 is 1.17 bits per heavy atom. The SMILES string of the molecule is COCCOCCCOc1ccc(C)nc1CO. The lowest BCUT2D eigenvalue weighted by atomic mass is 10.3. The minimum atomic E-state index is -0.110. The zero-order valence-corrected chi connectivity index (χ0v) is 11.0. The van der Waals surface area contributed by atoms with Crippen molar-refractivity contribution in [3.63, 3.8) is 0 Å². The summed E-state index contributed by atoms with van der Waals surface area (Å²) >= 11 is 0. The minimum absolute atomic E-state index is 0.110. The zero-order chi connectivity index (χ0) is 13.2. The predicted molar refractivity (Wildman–Crippen MR) is 67.7 cm³/mol. The highest BCUT2D eigenvalue weighted by molar-refractivity contribution is 5.28. The second-order valence-corrected chi connectivity index (χ2v) is 3.86. The van der Waals surface area contributed by atoms with Crippen molar-refractivity contribution in [1.82, 2.24) is 4.98 Å². The zero-order valence-electron chi connectivity index (χ0n) is 11.0. The quantitative estimate of drug-likeness (QED) is 0.674. The third-order valence-electron chi connectivity index (χ3n) is 2.34. The summed E-state index contributed by atoms with van der Waals surface area (Å²) in [5, 5.41) is 9.16. The molecule has 0 spiro atoms. The maximum absolute atomic E-state index is 9.16. The van der Waals surface area contributed by atoms with Gasteiger partial charge >= 0.3 is 0 Å². The van der Waals surface area contributed by atoms with E-state index in [1.54, 1.807) is 7.11 Å². The molecule has 0 saturated heterocycles. The Morgan fingerprint density at radius 3 is 2.72 bits per heavy atom. The molecular formula is C13H21NO4. The molecule has 1 rings (SSSR count). The van der Waals surface area contributed by atoms with Crippen LogP contribution in [0.2, 0.25) is 0 Å². The molecule has 5 heteroatoms. The van der Waals surface area contributed by atoms with Gasteiger partial charge in [0.05, 0.1) is 26.4 Å². The molecule has 0 aliphatic rings. The number of nitrogens with zero attached hydrogens (tertiary/aromatic N) is 1. The van der Waals surface area contributed by atoms with Crippen molar-refractivity contribution >= 4 is 0 Å². The molecule has 0 aromatic carbocycles. The predicted octanol–water partition coefficient (Wildman–Crippen LogP) is 1.31. The van der Waals surface area contributed by atoms with E-state index in [9.17, 15) is 0 Å². The van der Waals surface area contributed by atoms with Crippen LogP contribution in [0.4, 0.5) is 0 Å². The van der Waals surface area contributed by atoms with E-state index in [0.717, 1.165) is 12.1 Å². The fourth-order valence-electron chi connectivity index (χ4n) is 1.43. The first-order chi connectivity index (χ1) is 8.77. The van der Waals surface area contributed by atoms with Crippen molar-refractivity contribution in [1.29, 1.82) is 0 Å². The molecule has 0 aliphatic carbocycles. The van der Waals surface area contributed by atoms with Gasteiger partial charge in [-0.3, -0.25) is 4.98 Å². The number of aromatic nitrogens is 1. The van der Waals surface area contributed by atoms with Gasteiger partial charge in [-0.05, 0) is 19.1 Å². The van der Waals surface area contributed by atoms with E-state index in [0.29, 0.717) is 37.9 Å². The molecule has 0 fully saturated rings. The summed E-state index contributed by atoms with van der Waals surface area (Å²) in [5.74, 6) is 0.639. The van der Waals surface area contributed by atoms with E-state index in [-0.39, 0.29) is 6.61 Å². The summed E-state index contributed by atoms with van der Waals surface area (Å²) in [7, 11) is 1.65. The van der Waals surface area contributed by atoms with Crippen LogP contribution in [0.3, 0.4) is 0 Å². The third kappa shape index (κ3) is 5.44. The highest BCUT2D eigenvalue weighted by atomic mass is 16.5. The number of aliphatic hydroxyl groups excluding tert-OH is 1. The van der Waals surface area contributed by atoms with Gasteiger partial charge in [-0.1, -0.05) is 0 Å². The van der Waals surface area contributed by atoms with Crippen LogP contribution >= 0.6 is 0 Å². The second kappa shape index (κ2) is 8.85. The topological polar surface area (TPSA) is 60.8 Å². The van der Waals surface area contributed by atoms with E-state index in [1.165, 1.54) is 0 Å². The van der Waals surface area contributed by atoms with Crippen LogP contribution in [0.25, 0.3) is 0 Å². The summed E-state index contributed by atoms with van der Waals surface area (Å²) in [4.78, 5) is 4.21. The molecule has 0 atom stereocenters. The van der Waals surface area contributed by atoms with E-state index in [4.69, 9.17) is 19.3 Å². The number of pyridine rings is 1. The second-order valence-electron chi connectivity index (χ2n) is 3.86. The van der Waals surface area contributed by atoms with E-state index < -0.39 is 0 Å². The molecule has 0 unspecified atom stereocenters. The Labute approximate surface area is 108 Å². The van der Waals surface area contributed by atoms with Crippen LogP contribution in [0.5, 0.6) is 5.75 Å². The molecular weight excluding hydrogens is 234 g/mol. The summed E-state index contributed by atoms with van der Waals surface area (Å²) in [5.41, 5.74) is 1.45. The Bertz CT molecular complexity index is 344. The van der Waals surface area contributed by atoms with Crippen molar-refractivity contribution in [2.75, 3.05) is 33.5 Å². The van der Waals surface area contributed by atoms with Gasteiger partial charge in [0.2, 0.25) is 0 Å². The van der Waals surface area contributed by atoms with E-state index >= 15 is 0 Å². The fraction of sp³-hybridized carbons (Fsp3) is 0.615. The van der Waals surface area contributed by atoms with E-state index in [2.05, 4.69) is 4.98 Å². The average molecular weight is 255 g/mol. The largest absolute Gasteiger partial charge is 0.491 e. The molecule has 0 saturated carbocycles. The first-order valence-corrected chi connectivity index (χ1v) is 6.04. The number of aryl methyl sites for hydroxylation is 1. The van der Waals surface area contributed by atoms with Crippen molar-refractivity contribution in [3.05, 3.63) is 23.5 Å². The van der Waals surface area contributed by atoms with Gasteiger partial charge in [0.1, 0.15) is 11.4 Å². The molecule has 0 radical (unpaired) electrons. The van der Waals surface area contributed by atoms with Gasteiger partial charge in [-0.15, -0.1) is 0 Å². The van der Waals surface area contributed by atoms with Crippen molar-refractivity contribution < 1.29 is 19.3 Å². The van der Waals surface area contributed by atoms with Crippen LogP contribution in [0.1, 0.15) is 17.8 Å². The molecule has 0 aliphatic heterocycles. The maximum atomic E-state index is 9.16. The normalized spacial score (nSPS) is 10.6. The summed E-state index contributed by atoms with van der Waals surface area (Å²) in [6.45, 7) is 4.16. The summed E-state index contributed by atoms with van der Waals surface area (Å²) in [6.07, 6.45) is 0.794. The van der Waals surface area contributed by atoms with Crippen LogP contribution < -0.4 is 4.74 Å². The number of rotatable bonds is 9. The third-order valence-corrected chi connectivity index (χ3v) is 2.34. The van der Waals surface area contributed by atoms with Crippen LogP contribution in [0, 0.1) is 6.92 Å². The summed E-state index contributed by atoms with van der Waals surface area (Å²) < 4.78 is 15.7. The lowest BCUT2D eigenvalue weighted by Gasteiger charge is -2.10. The number of hydrogen-bond donors (Lipinski definition) is 1. The van der Waals surface area contributed by atoms with Gasteiger partial charge in [-0.2, -0.15) is 0 Å². The van der Waals surface area contributed by atoms with Crippen molar-refractivity contribution in [2.24, 2.45) is 0 Å². The Hall–Kier alpha value is -1.17. The number of ether oxygens (including phenoxy) is 3. The average Bonchev–Trinajstić information content (AvgIpc) is 2.39. The Morgan fingerprint density at radius 2 is 2.00 bits per heavy atom. The molecule has 18 heavy (non-hydrogen) atoms. The van der Waals surface area contributed by atoms with Crippen LogP contribution in [-0.2, 0) is 16.1 Å². The highest BCUT2D eigenvalue weighted by Crippen LogP contribution is 2.16. The first-order valence-electron chi connectivity index (χ1n) is 6.04.